The predicted molar refractivity (Wildman–Crippen MR) is 70.3 cm³/mol. The molecule has 1 unspecified atom stereocenters. The van der Waals surface area contributed by atoms with Gasteiger partial charge in [-0.25, -0.2) is 0 Å². The molecule has 3 heteroatoms. The summed E-state index contributed by atoms with van der Waals surface area (Å²) < 4.78 is 1.11. The van der Waals surface area contributed by atoms with Crippen LogP contribution in [0.4, 0.5) is 5.69 Å². The van der Waals surface area contributed by atoms with E-state index in [1.54, 1.807) is 0 Å². The SMILES string of the molecule is CC(N)c1ccc(N(C)C(C)C)c(Br)c1. The van der Waals surface area contributed by atoms with Crippen molar-refractivity contribution in [3.63, 3.8) is 0 Å². The van der Waals surface area contributed by atoms with Crippen molar-refractivity contribution in [2.45, 2.75) is 32.9 Å². The third-order valence-corrected chi connectivity index (χ3v) is 3.29. The van der Waals surface area contributed by atoms with E-state index in [9.17, 15) is 0 Å². The van der Waals surface area contributed by atoms with Gasteiger partial charge in [-0.3, -0.25) is 0 Å². The monoisotopic (exact) mass is 270 g/mol. The van der Waals surface area contributed by atoms with Crippen molar-refractivity contribution in [3.8, 4) is 0 Å². The summed E-state index contributed by atoms with van der Waals surface area (Å²) in [6.45, 7) is 6.34. The zero-order valence-corrected chi connectivity index (χ0v) is 11.4. The second-order valence-electron chi connectivity index (χ2n) is 4.20. The smallest absolute Gasteiger partial charge is 0.0510 e. The Hall–Kier alpha value is -0.540. The van der Waals surface area contributed by atoms with Crippen LogP contribution < -0.4 is 10.6 Å². The van der Waals surface area contributed by atoms with Crippen LogP contribution in [-0.4, -0.2) is 13.1 Å². The highest BCUT2D eigenvalue weighted by atomic mass is 79.9. The van der Waals surface area contributed by atoms with Crippen LogP contribution in [0.3, 0.4) is 0 Å². The molecule has 1 aromatic carbocycles. The number of hydrogen-bond donors (Lipinski definition) is 1. The second kappa shape index (κ2) is 4.99. The molecule has 0 bridgehead atoms. The summed E-state index contributed by atoms with van der Waals surface area (Å²) >= 11 is 3.59. The van der Waals surface area contributed by atoms with Crippen LogP contribution in [0.15, 0.2) is 22.7 Å². The van der Waals surface area contributed by atoms with Gasteiger partial charge in [-0.05, 0) is 54.4 Å². The Labute approximate surface area is 101 Å². The molecule has 84 valence electrons. The molecular formula is C12H19BrN2. The standard InChI is InChI=1S/C12H19BrN2/c1-8(2)15(4)12-6-5-10(9(3)14)7-11(12)13/h5-9H,14H2,1-4H3. The molecule has 2 nitrogen and oxygen atoms in total. The van der Waals surface area contributed by atoms with Crippen LogP contribution in [0.5, 0.6) is 0 Å². The molecule has 1 atom stereocenters. The lowest BCUT2D eigenvalue weighted by atomic mass is 10.1. The number of benzene rings is 1. The van der Waals surface area contributed by atoms with Crippen LogP contribution in [0.2, 0.25) is 0 Å². The molecule has 1 aromatic rings. The van der Waals surface area contributed by atoms with Gasteiger partial charge < -0.3 is 10.6 Å². The first kappa shape index (κ1) is 12.5. The Morgan fingerprint density at radius 1 is 1.27 bits per heavy atom. The van der Waals surface area contributed by atoms with Gasteiger partial charge in [0.05, 0.1) is 5.69 Å². The average molecular weight is 271 g/mol. The fourth-order valence-electron chi connectivity index (χ4n) is 1.37. The zero-order chi connectivity index (χ0) is 11.6. The molecule has 0 aliphatic rings. The van der Waals surface area contributed by atoms with Gasteiger partial charge in [0.2, 0.25) is 0 Å². The summed E-state index contributed by atoms with van der Waals surface area (Å²) in [5.74, 6) is 0. The number of rotatable bonds is 3. The molecule has 15 heavy (non-hydrogen) atoms. The lowest BCUT2D eigenvalue weighted by Gasteiger charge is -2.25. The molecule has 0 aliphatic carbocycles. The summed E-state index contributed by atoms with van der Waals surface area (Å²) in [7, 11) is 2.09. The van der Waals surface area contributed by atoms with Gasteiger partial charge in [0.25, 0.3) is 0 Å². The number of nitrogens with zero attached hydrogens (tertiary/aromatic N) is 1. The van der Waals surface area contributed by atoms with E-state index < -0.39 is 0 Å². The number of nitrogens with two attached hydrogens (primary N) is 1. The summed E-state index contributed by atoms with van der Waals surface area (Å²) in [4.78, 5) is 2.23. The van der Waals surface area contributed by atoms with Crippen molar-refractivity contribution in [3.05, 3.63) is 28.2 Å². The van der Waals surface area contributed by atoms with Crippen molar-refractivity contribution in [1.82, 2.24) is 0 Å². The minimum atomic E-state index is 0.0831. The van der Waals surface area contributed by atoms with E-state index in [0.29, 0.717) is 6.04 Å². The average Bonchev–Trinajstić information content (AvgIpc) is 2.16. The van der Waals surface area contributed by atoms with Crippen molar-refractivity contribution >= 4 is 21.6 Å². The van der Waals surface area contributed by atoms with Crippen molar-refractivity contribution in [2.24, 2.45) is 5.73 Å². The Morgan fingerprint density at radius 2 is 1.87 bits per heavy atom. The molecule has 0 aliphatic heterocycles. The topological polar surface area (TPSA) is 29.3 Å². The zero-order valence-electron chi connectivity index (χ0n) is 9.79. The second-order valence-corrected chi connectivity index (χ2v) is 5.06. The van der Waals surface area contributed by atoms with Gasteiger partial charge in [-0.2, -0.15) is 0 Å². The Kier molecular flexibility index (Phi) is 4.17. The Balaban J connectivity index is 3.03. The van der Waals surface area contributed by atoms with Gasteiger partial charge in [-0.15, -0.1) is 0 Å². The van der Waals surface area contributed by atoms with E-state index in [1.807, 2.05) is 6.92 Å². The largest absolute Gasteiger partial charge is 0.371 e. The Morgan fingerprint density at radius 3 is 2.27 bits per heavy atom. The lowest BCUT2D eigenvalue weighted by Crippen LogP contribution is -2.26. The van der Waals surface area contributed by atoms with E-state index in [2.05, 4.69) is 59.9 Å². The summed E-state index contributed by atoms with van der Waals surface area (Å²) in [6, 6.07) is 6.87. The third kappa shape index (κ3) is 2.95. The van der Waals surface area contributed by atoms with Crippen molar-refractivity contribution in [1.29, 1.82) is 0 Å². The number of hydrogen-bond acceptors (Lipinski definition) is 2. The van der Waals surface area contributed by atoms with Gasteiger partial charge in [0.1, 0.15) is 0 Å². The molecule has 0 aromatic heterocycles. The molecule has 1 rings (SSSR count). The fourth-order valence-corrected chi connectivity index (χ4v) is 2.05. The highest BCUT2D eigenvalue weighted by Gasteiger charge is 2.10. The van der Waals surface area contributed by atoms with Crippen LogP contribution in [0, 0.1) is 0 Å². The number of anilines is 1. The van der Waals surface area contributed by atoms with Crippen LogP contribution >= 0.6 is 15.9 Å². The Bertz CT molecular complexity index is 334. The van der Waals surface area contributed by atoms with E-state index in [4.69, 9.17) is 5.73 Å². The minimum Gasteiger partial charge on any atom is -0.371 e. The summed E-state index contributed by atoms with van der Waals surface area (Å²) in [6.07, 6.45) is 0. The van der Waals surface area contributed by atoms with Gasteiger partial charge in [0.15, 0.2) is 0 Å². The van der Waals surface area contributed by atoms with E-state index in [0.717, 1.165) is 10.0 Å². The predicted octanol–water partition coefficient (Wildman–Crippen LogP) is 3.31. The first-order chi connectivity index (χ1) is 6.93. The van der Waals surface area contributed by atoms with E-state index in [-0.39, 0.29) is 6.04 Å². The fraction of sp³-hybridized carbons (Fsp3) is 0.500. The molecule has 0 saturated carbocycles. The van der Waals surface area contributed by atoms with Crippen molar-refractivity contribution < 1.29 is 0 Å². The molecule has 0 radical (unpaired) electrons. The molecule has 2 N–H and O–H groups in total. The quantitative estimate of drug-likeness (QED) is 0.913. The van der Waals surface area contributed by atoms with E-state index >= 15 is 0 Å². The maximum absolute atomic E-state index is 5.83. The lowest BCUT2D eigenvalue weighted by molar-refractivity contribution is 0.751. The molecule has 0 heterocycles. The normalized spacial score (nSPS) is 13.0. The first-order valence-corrected chi connectivity index (χ1v) is 6.00. The number of halogens is 1. The minimum absolute atomic E-state index is 0.0831. The molecular weight excluding hydrogens is 252 g/mol. The maximum Gasteiger partial charge on any atom is 0.0510 e. The summed E-state index contributed by atoms with van der Waals surface area (Å²) in [5.41, 5.74) is 8.19. The molecule has 0 saturated heterocycles. The van der Waals surface area contributed by atoms with E-state index in [1.165, 1.54) is 5.69 Å². The van der Waals surface area contributed by atoms with Crippen LogP contribution in [0.25, 0.3) is 0 Å². The third-order valence-electron chi connectivity index (χ3n) is 2.65. The van der Waals surface area contributed by atoms with Crippen LogP contribution in [-0.2, 0) is 0 Å². The highest BCUT2D eigenvalue weighted by molar-refractivity contribution is 9.10. The maximum atomic E-state index is 5.83. The highest BCUT2D eigenvalue weighted by Crippen LogP contribution is 2.29. The van der Waals surface area contributed by atoms with Gasteiger partial charge in [0, 0.05) is 23.6 Å². The molecule has 0 spiro atoms. The first-order valence-electron chi connectivity index (χ1n) is 5.21. The van der Waals surface area contributed by atoms with Gasteiger partial charge in [-0.1, -0.05) is 6.07 Å². The van der Waals surface area contributed by atoms with Crippen molar-refractivity contribution in [2.75, 3.05) is 11.9 Å². The van der Waals surface area contributed by atoms with Gasteiger partial charge >= 0.3 is 0 Å². The molecule has 0 fully saturated rings. The van der Waals surface area contributed by atoms with Crippen LogP contribution in [0.1, 0.15) is 32.4 Å². The summed E-state index contributed by atoms with van der Waals surface area (Å²) in [5, 5.41) is 0. The molecule has 0 amide bonds.